The highest BCUT2D eigenvalue weighted by Crippen LogP contribution is 2.33. The lowest BCUT2D eigenvalue weighted by Crippen LogP contribution is -2.60. The first-order valence-electron chi connectivity index (χ1n) is 34.0. The number of phenolic OH excluding ortho intramolecular Hbond substituents is 2. The number of nitrogens with one attached hydrogen (secondary N) is 11. The third-order valence-electron chi connectivity index (χ3n) is 15.8. The predicted octanol–water partition coefficient (Wildman–Crippen LogP) is -3.26. The van der Waals surface area contributed by atoms with E-state index in [-0.39, 0.29) is 93.3 Å². The number of fused-ring (bicyclic) bond motifs is 1. The van der Waals surface area contributed by atoms with Crippen LogP contribution >= 0.6 is 11.8 Å². The van der Waals surface area contributed by atoms with Crippen LogP contribution in [0, 0.1) is 5.92 Å². The van der Waals surface area contributed by atoms with Crippen molar-refractivity contribution in [1.82, 2.24) is 58.5 Å². The summed E-state index contributed by atoms with van der Waals surface area (Å²) in [6.45, 7) is 8.23. The molecule has 0 aliphatic carbocycles. The highest BCUT2D eigenvalue weighted by molar-refractivity contribution is 8.00. The normalized spacial score (nSPS) is 16.6. The van der Waals surface area contributed by atoms with Crippen molar-refractivity contribution in [2.45, 2.75) is 164 Å². The van der Waals surface area contributed by atoms with Crippen molar-refractivity contribution in [3.05, 3.63) is 59.7 Å². The first kappa shape index (κ1) is 85.5. The van der Waals surface area contributed by atoms with E-state index in [0.29, 0.717) is 95.0 Å². The van der Waals surface area contributed by atoms with E-state index >= 15 is 0 Å². The number of primary amides is 2. The molecule has 0 bridgehead atoms. The summed E-state index contributed by atoms with van der Waals surface area (Å²) in [4.78, 5) is 168. The lowest BCUT2D eigenvalue weighted by Gasteiger charge is -2.27. The number of ether oxygens (including phenoxy) is 5. The van der Waals surface area contributed by atoms with Crippen molar-refractivity contribution < 1.29 is 101 Å². The van der Waals surface area contributed by atoms with Gasteiger partial charge in [-0.25, -0.2) is 4.79 Å². The molecule has 2 aliphatic heterocycles. The van der Waals surface area contributed by atoms with Crippen LogP contribution in [-0.4, -0.2) is 243 Å². The number of aromatic hydroxyl groups is 2. The van der Waals surface area contributed by atoms with E-state index in [1.54, 1.807) is 26.0 Å². The molecule has 568 valence electrons. The largest absolute Gasteiger partial charge is 0.508 e. The van der Waals surface area contributed by atoms with Crippen LogP contribution in [0.1, 0.15) is 103 Å². The summed E-state index contributed by atoms with van der Waals surface area (Å²) in [5, 5.41) is 57.6. The van der Waals surface area contributed by atoms with Gasteiger partial charge in [-0.3, -0.25) is 57.5 Å². The minimum atomic E-state index is -1.86. The summed E-state index contributed by atoms with van der Waals surface area (Å²) >= 11 is 1.87. The van der Waals surface area contributed by atoms with E-state index < -0.39 is 127 Å². The van der Waals surface area contributed by atoms with Crippen LogP contribution in [0.25, 0.3) is 0 Å². The Bertz CT molecular complexity index is 3050. The molecule has 4 rings (SSSR count). The molecule has 0 saturated carbocycles. The second kappa shape index (κ2) is 47.3. The number of aliphatic carboxylic acids is 1. The molecule has 2 fully saturated rings. The highest BCUT2D eigenvalue weighted by atomic mass is 32.2. The number of phenols is 2. The maximum Gasteiger partial charge on any atom is 0.315 e. The minimum Gasteiger partial charge on any atom is -0.508 e. The Morgan fingerprint density at radius 2 is 1.00 bits per heavy atom. The number of hydrogen-bond donors (Lipinski definition) is 17. The molecule has 13 amide bonds. The van der Waals surface area contributed by atoms with E-state index in [0.717, 1.165) is 25.0 Å². The molecule has 2 aromatic rings. The fraction of sp³-hybridized carbons (Fsp3) is 0.621. The molecular formula is C66H102N14O21S. The summed E-state index contributed by atoms with van der Waals surface area (Å²) in [5.41, 5.74) is 18.1. The number of amides is 13. The molecular weight excluding hydrogens is 1360 g/mol. The summed E-state index contributed by atoms with van der Waals surface area (Å²) in [7, 11) is 0. The predicted molar refractivity (Wildman–Crippen MR) is 369 cm³/mol. The maximum absolute atomic E-state index is 14.1. The van der Waals surface area contributed by atoms with Gasteiger partial charge in [0.15, 0.2) is 0 Å². The standard InChI is InChI=1S/C66H102N14O21S/c1-39(2)32-47(76-65(95)50(36-57(87)88)75-60(90)40(3)73-56(86)37-72-61(91)45(67)33-41-10-14-43(81)15-11-41)62(92)78-49(35-53(68)83)64(94)77-48(34-42-12-16-44(82)17-13-42)63(93)74-46(59(69)89)18-19-55(85)71-21-7-23-98-25-27-100-29-31-101-30-28-99-26-24-97-22-6-20-70-54(84)9-5-4-8-52-58-51(38-102-52)79-66(96)80-58/h10-17,39-40,45-52,58,81-82H,4-9,18-38,67H2,1-3H3,(H2,68,83)(H2,69,89)(H,70,84)(H,71,85)(H,72,91)(H,73,86)(H,74,93)(H,75,90)(H,76,95)(H,77,94)(H,78,92)(H,87,88)(H2,79,80,96)/t40-,45-,46?,47-,48-,49-,50-,51-,52-,58-/m0/s1. The van der Waals surface area contributed by atoms with Gasteiger partial charge in [-0.2, -0.15) is 11.8 Å². The summed E-state index contributed by atoms with van der Waals surface area (Å²) in [6.07, 6.45) is 1.47. The smallest absolute Gasteiger partial charge is 0.315 e. The Labute approximate surface area is 595 Å². The quantitative estimate of drug-likeness (QED) is 0.0228. The summed E-state index contributed by atoms with van der Waals surface area (Å²) in [5.74, 6) is -10.8. The molecule has 2 saturated heterocycles. The van der Waals surface area contributed by atoms with Crippen molar-refractivity contribution in [2.75, 3.05) is 91.5 Å². The van der Waals surface area contributed by atoms with Crippen LogP contribution in [-0.2, 0) is 94.1 Å². The lowest BCUT2D eigenvalue weighted by molar-refractivity contribution is -0.141. The number of carbonyl (C=O) groups is 13. The van der Waals surface area contributed by atoms with E-state index in [4.69, 9.17) is 40.9 Å². The summed E-state index contributed by atoms with van der Waals surface area (Å²) in [6, 6.07) is 0.893. The van der Waals surface area contributed by atoms with Crippen molar-refractivity contribution in [3.63, 3.8) is 0 Å². The molecule has 2 heterocycles. The Kier molecular flexibility index (Phi) is 39.6. The molecule has 2 aromatic carbocycles. The van der Waals surface area contributed by atoms with Crippen LogP contribution in [0.4, 0.5) is 4.79 Å². The average Bonchev–Trinajstić information content (AvgIpc) is 1.65. The highest BCUT2D eigenvalue weighted by Gasteiger charge is 2.43. The Morgan fingerprint density at radius 1 is 0.529 bits per heavy atom. The zero-order valence-electron chi connectivity index (χ0n) is 57.9. The number of unbranched alkanes of at least 4 members (excludes halogenated alkanes) is 1. The maximum atomic E-state index is 14.1. The fourth-order valence-electron chi connectivity index (χ4n) is 10.4. The molecule has 36 heteroatoms. The van der Waals surface area contributed by atoms with Crippen LogP contribution in [0.15, 0.2) is 48.5 Å². The van der Waals surface area contributed by atoms with Gasteiger partial charge in [-0.1, -0.05) is 44.5 Å². The number of carboxylic acid groups (broad SMARTS) is 1. The van der Waals surface area contributed by atoms with Gasteiger partial charge >= 0.3 is 12.0 Å². The molecule has 2 aliphatic rings. The monoisotopic (exact) mass is 1460 g/mol. The number of nitrogens with two attached hydrogens (primary N) is 3. The van der Waals surface area contributed by atoms with Gasteiger partial charge in [0.25, 0.3) is 0 Å². The van der Waals surface area contributed by atoms with Crippen LogP contribution in [0.3, 0.4) is 0 Å². The second-order valence-corrected chi connectivity index (χ2v) is 26.1. The van der Waals surface area contributed by atoms with E-state index in [9.17, 15) is 77.6 Å². The molecule has 20 N–H and O–H groups in total. The van der Waals surface area contributed by atoms with Gasteiger partial charge in [0.1, 0.15) is 47.8 Å². The topological polar surface area (TPSA) is 539 Å². The number of hydrogen-bond acceptors (Lipinski definition) is 22. The molecule has 0 spiro atoms. The third-order valence-corrected chi connectivity index (χ3v) is 17.3. The number of benzene rings is 2. The molecule has 1 unspecified atom stereocenters. The van der Waals surface area contributed by atoms with Crippen molar-refractivity contribution in [3.8, 4) is 11.5 Å². The van der Waals surface area contributed by atoms with Gasteiger partial charge in [0.05, 0.1) is 90.4 Å². The van der Waals surface area contributed by atoms with Gasteiger partial charge in [-0.05, 0) is 93.2 Å². The van der Waals surface area contributed by atoms with E-state index in [1.807, 2.05) is 11.8 Å². The number of thioether (sulfide) groups is 1. The minimum absolute atomic E-state index is 0.00973. The zero-order valence-corrected chi connectivity index (χ0v) is 58.7. The van der Waals surface area contributed by atoms with Crippen LogP contribution in [0.5, 0.6) is 11.5 Å². The molecule has 0 aromatic heterocycles. The zero-order chi connectivity index (χ0) is 74.9. The number of carboxylic acids is 1. The SMILES string of the molecule is CC(C)C[C@H](NC(=O)[C@H](CC(=O)O)NC(=O)[C@H](C)NC(=O)CNC(=O)[C@@H](N)Cc1ccc(O)cc1)C(=O)N[C@@H](CC(N)=O)C(=O)N[C@@H](Cc1ccc(O)cc1)C(=O)NC(CCC(=O)NCCCOCCOCCOCCOCCOCCCNC(=O)CCCC[C@@H]1SC[C@@H]2NC(=O)N[C@@H]21)C(N)=O. The molecule has 0 radical (unpaired) electrons. The molecule has 35 nitrogen and oxygen atoms in total. The summed E-state index contributed by atoms with van der Waals surface area (Å²) < 4.78 is 27.7. The first-order valence-corrected chi connectivity index (χ1v) is 35.0. The lowest BCUT2D eigenvalue weighted by atomic mass is 10.0. The Morgan fingerprint density at radius 3 is 1.53 bits per heavy atom. The van der Waals surface area contributed by atoms with E-state index in [1.165, 1.54) is 43.3 Å². The number of rotatable bonds is 53. The van der Waals surface area contributed by atoms with Crippen molar-refractivity contribution >= 4 is 88.7 Å². The van der Waals surface area contributed by atoms with Crippen LogP contribution < -0.4 is 75.7 Å². The molecule has 102 heavy (non-hydrogen) atoms. The van der Waals surface area contributed by atoms with Crippen LogP contribution in [0.2, 0.25) is 0 Å². The second-order valence-electron chi connectivity index (χ2n) is 24.8. The van der Waals surface area contributed by atoms with Gasteiger partial charge < -0.3 is 115 Å². The van der Waals surface area contributed by atoms with Gasteiger partial charge in [-0.15, -0.1) is 0 Å². The average molecular weight is 1460 g/mol. The van der Waals surface area contributed by atoms with E-state index in [2.05, 4.69) is 58.5 Å². The number of carbonyl (C=O) groups excluding carboxylic acids is 12. The number of urea groups is 1. The first-order chi connectivity index (χ1) is 48.7. The van der Waals surface area contributed by atoms with Gasteiger partial charge in [0.2, 0.25) is 65.0 Å². The Hall–Kier alpha value is -8.94. The third kappa shape index (κ3) is 35.1. The van der Waals surface area contributed by atoms with Gasteiger partial charge in [0, 0.05) is 56.6 Å². The Balaban J connectivity index is 1.13. The van der Waals surface area contributed by atoms with Crippen molar-refractivity contribution in [2.24, 2.45) is 23.1 Å². The van der Waals surface area contributed by atoms with Crippen molar-refractivity contribution in [1.29, 1.82) is 0 Å². The fourth-order valence-corrected chi connectivity index (χ4v) is 11.9. The molecule has 10 atom stereocenters.